The first-order valence-electron chi connectivity index (χ1n) is 3.62. The molecule has 74 valence electrons. The van der Waals surface area contributed by atoms with Crippen LogP contribution in [0.2, 0.25) is 0 Å². The van der Waals surface area contributed by atoms with Gasteiger partial charge in [-0.05, 0) is 0 Å². The van der Waals surface area contributed by atoms with Gasteiger partial charge >= 0.3 is 11.8 Å². The average molecular weight is 192 g/mol. The lowest BCUT2D eigenvalue weighted by Gasteiger charge is -2.26. The maximum absolute atomic E-state index is 10.5. The van der Waals surface area contributed by atoms with E-state index in [1.54, 1.807) is 0 Å². The number of aliphatic hydroxyl groups is 3. The summed E-state index contributed by atoms with van der Waals surface area (Å²) in [5.74, 6) is -6.58. The fraction of sp³-hybridized carbons (Fsp3) is 0.833. The minimum Gasteiger partial charge on any atom is -0.412 e. The molecule has 0 spiro atoms. The van der Waals surface area contributed by atoms with Crippen molar-refractivity contribution in [1.29, 1.82) is 0 Å². The van der Waals surface area contributed by atoms with E-state index in [9.17, 15) is 15.0 Å². The highest BCUT2D eigenvalue weighted by Gasteiger charge is 2.75. The van der Waals surface area contributed by atoms with E-state index in [1.165, 1.54) is 0 Å². The molecule has 2 heterocycles. The molecule has 2 aliphatic heterocycles. The van der Waals surface area contributed by atoms with Gasteiger partial charge in [0.2, 0.25) is 6.29 Å². The summed E-state index contributed by atoms with van der Waals surface area (Å²) >= 11 is 0. The van der Waals surface area contributed by atoms with E-state index < -0.39 is 23.8 Å². The molecular formula is C6H8O7. The first kappa shape index (κ1) is 8.85. The number of epoxide rings is 1. The quantitative estimate of drug-likeness (QED) is 0.322. The van der Waals surface area contributed by atoms with Gasteiger partial charge in [-0.15, -0.1) is 0 Å². The lowest BCUT2D eigenvalue weighted by atomic mass is 10.1. The van der Waals surface area contributed by atoms with Gasteiger partial charge in [0, 0.05) is 0 Å². The van der Waals surface area contributed by atoms with Gasteiger partial charge in [0.25, 0.3) is 5.79 Å². The van der Waals surface area contributed by atoms with Crippen LogP contribution in [0.5, 0.6) is 0 Å². The minimum absolute atomic E-state index is 0.164. The SMILES string of the molecule is O=C1OC1(O)C(O)(O)C1OCCO1. The molecule has 0 bridgehead atoms. The van der Waals surface area contributed by atoms with Gasteiger partial charge in [0.15, 0.2) is 0 Å². The molecule has 7 heteroatoms. The normalized spacial score (nSPS) is 34.8. The van der Waals surface area contributed by atoms with E-state index in [1.807, 2.05) is 0 Å². The zero-order valence-electron chi connectivity index (χ0n) is 6.47. The summed E-state index contributed by atoms with van der Waals surface area (Å²) in [6.45, 7) is 0.329. The van der Waals surface area contributed by atoms with Crippen molar-refractivity contribution in [2.24, 2.45) is 0 Å². The summed E-state index contributed by atoms with van der Waals surface area (Å²) < 4.78 is 13.5. The van der Waals surface area contributed by atoms with Crippen molar-refractivity contribution >= 4 is 5.97 Å². The zero-order valence-corrected chi connectivity index (χ0v) is 6.47. The Balaban J connectivity index is 2.15. The number of ether oxygens (including phenoxy) is 3. The van der Waals surface area contributed by atoms with Crippen molar-refractivity contribution in [2.45, 2.75) is 17.9 Å². The van der Waals surface area contributed by atoms with E-state index in [2.05, 4.69) is 4.74 Å². The van der Waals surface area contributed by atoms with E-state index in [4.69, 9.17) is 14.6 Å². The summed E-state index contributed by atoms with van der Waals surface area (Å²) in [4.78, 5) is 10.5. The topological polar surface area (TPSA) is 109 Å². The minimum atomic E-state index is -2.86. The smallest absolute Gasteiger partial charge is 0.389 e. The first-order valence-corrected chi connectivity index (χ1v) is 3.62. The number of cyclic esters (lactones) is 1. The Bertz CT molecular complexity index is 243. The molecule has 0 amide bonds. The molecule has 2 saturated heterocycles. The van der Waals surface area contributed by atoms with Crippen molar-refractivity contribution in [3.63, 3.8) is 0 Å². The molecule has 0 radical (unpaired) electrons. The Morgan fingerprint density at radius 3 is 2.23 bits per heavy atom. The van der Waals surface area contributed by atoms with Crippen LogP contribution in [0.4, 0.5) is 0 Å². The fourth-order valence-electron chi connectivity index (χ4n) is 1.08. The van der Waals surface area contributed by atoms with Crippen molar-refractivity contribution in [2.75, 3.05) is 13.2 Å². The van der Waals surface area contributed by atoms with Crippen molar-refractivity contribution < 1.29 is 34.3 Å². The van der Waals surface area contributed by atoms with Crippen LogP contribution in [0.15, 0.2) is 0 Å². The number of rotatable bonds is 2. The third-order valence-electron chi connectivity index (χ3n) is 1.92. The molecule has 0 aliphatic carbocycles. The zero-order chi connectivity index (χ0) is 9.69. The van der Waals surface area contributed by atoms with Crippen LogP contribution in [0, 0.1) is 0 Å². The standard InChI is InChI=1S/C6H8O7/c7-3-6(10,13-3)5(8,9)4-11-1-2-12-4/h4,8-10H,1-2H2. The van der Waals surface area contributed by atoms with Gasteiger partial charge in [0.1, 0.15) is 0 Å². The van der Waals surface area contributed by atoms with Crippen molar-refractivity contribution in [3.05, 3.63) is 0 Å². The molecule has 1 unspecified atom stereocenters. The van der Waals surface area contributed by atoms with Crippen LogP contribution in [-0.4, -0.2) is 52.4 Å². The molecule has 13 heavy (non-hydrogen) atoms. The lowest BCUT2D eigenvalue weighted by molar-refractivity contribution is -0.349. The lowest BCUT2D eigenvalue weighted by Crippen LogP contribution is -2.55. The van der Waals surface area contributed by atoms with Crippen LogP contribution < -0.4 is 0 Å². The summed E-state index contributed by atoms with van der Waals surface area (Å²) in [7, 11) is 0. The van der Waals surface area contributed by atoms with Crippen LogP contribution >= 0.6 is 0 Å². The third kappa shape index (κ3) is 1.06. The van der Waals surface area contributed by atoms with Gasteiger partial charge in [-0.1, -0.05) is 0 Å². The molecule has 2 fully saturated rings. The second-order valence-corrected chi connectivity index (χ2v) is 2.83. The molecule has 2 aliphatic rings. The van der Waals surface area contributed by atoms with Gasteiger partial charge < -0.3 is 29.5 Å². The third-order valence-corrected chi connectivity index (χ3v) is 1.92. The Morgan fingerprint density at radius 2 is 1.85 bits per heavy atom. The van der Waals surface area contributed by atoms with Crippen LogP contribution in [0.25, 0.3) is 0 Å². The summed E-state index contributed by atoms with van der Waals surface area (Å²) in [5.41, 5.74) is 0. The van der Waals surface area contributed by atoms with Gasteiger partial charge in [-0.2, -0.15) is 0 Å². The Morgan fingerprint density at radius 1 is 1.38 bits per heavy atom. The number of hydrogen-bond donors (Lipinski definition) is 3. The predicted molar refractivity (Wildman–Crippen MR) is 33.9 cm³/mol. The molecule has 0 aromatic carbocycles. The van der Waals surface area contributed by atoms with Gasteiger partial charge in [-0.25, -0.2) is 4.79 Å². The van der Waals surface area contributed by atoms with Crippen molar-refractivity contribution in [1.82, 2.24) is 0 Å². The second-order valence-electron chi connectivity index (χ2n) is 2.83. The molecule has 3 N–H and O–H groups in total. The number of hydrogen-bond acceptors (Lipinski definition) is 7. The predicted octanol–water partition coefficient (Wildman–Crippen LogP) is -2.71. The van der Waals surface area contributed by atoms with Crippen LogP contribution in [0.1, 0.15) is 0 Å². The largest absolute Gasteiger partial charge is 0.412 e. The summed E-state index contributed by atoms with van der Waals surface area (Å²) in [5, 5.41) is 27.7. The summed E-state index contributed by atoms with van der Waals surface area (Å²) in [6.07, 6.45) is -1.47. The molecular weight excluding hydrogens is 184 g/mol. The van der Waals surface area contributed by atoms with E-state index in [0.29, 0.717) is 0 Å². The van der Waals surface area contributed by atoms with Gasteiger partial charge in [-0.3, -0.25) is 0 Å². The maximum Gasteiger partial charge on any atom is 0.389 e. The Hall–Kier alpha value is -0.730. The van der Waals surface area contributed by atoms with E-state index in [0.717, 1.165) is 0 Å². The average Bonchev–Trinajstić information content (AvgIpc) is 2.59. The molecule has 1 atom stereocenters. The number of carbonyl (C=O) groups is 1. The maximum atomic E-state index is 10.5. The first-order chi connectivity index (χ1) is 5.98. The van der Waals surface area contributed by atoms with Gasteiger partial charge in [0.05, 0.1) is 13.2 Å². The molecule has 0 saturated carbocycles. The van der Waals surface area contributed by atoms with E-state index in [-0.39, 0.29) is 13.2 Å². The number of carbonyl (C=O) groups excluding carboxylic acids is 1. The highest BCUT2D eigenvalue weighted by atomic mass is 16.8. The van der Waals surface area contributed by atoms with Crippen LogP contribution in [-0.2, 0) is 19.0 Å². The molecule has 0 aromatic rings. The van der Waals surface area contributed by atoms with E-state index >= 15 is 0 Å². The van der Waals surface area contributed by atoms with Crippen molar-refractivity contribution in [3.8, 4) is 0 Å². The van der Waals surface area contributed by atoms with Crippen LogP contribution in [0.3, 0.4) is 0 Å². The highest BCUT2D eigenvalue weighted by molar-refractivity contribution is 5.92. The summed E-state index contributed by atoms with van der Waals surface area (Å²) in [6, 6.07) is 0. The second kappa shape index (κ2) is 2.40. The highest BCUT2D eigenvalue weighted by Crippen LogP contribution is 2.39. The molecule has 0 aromatic heterocycles. The monoisotopic (exact) mass is 192 g/mol. The Labute approximate surface area is 72.4 Å². The fourth-order valence-corrected chi connectivity index (χ4v) is 1.08. The molecule has 7 nitrogen and oxygen atoms in total. The molecule has 2 rings (SSSR count). The Kier molecular flexibility index (Phi) is 1.63.